The minimum absolute atomic E-state index is 0.0491. The van der Waals surface area contributed by atoms with Crippen molar-refractivity contribution >= 4 is 17.4 Å². The average molecular weight is 271 g/mol. The number of rotatable bonds is 5. The van der Waals surface area contributed by atoms with Crippen molar-refractivity contribution in [3.63, 3.8) is 0 Å². The van der Waals surface area contributed by atoms with Crippen molar-refractivity contribution in [2.75, 3.05) is 23.8 Å². The Kier molecular flexibility index (Phi) is 4.68. The van der Waals surface area contributed by atoms with Crippen LogP contribution in [0, 0.1) is 6.92 Å². The van der Waals surface area contributed by atoms with Crippen LogP contribution in [0.5, 0.6) is 0 Å². The molecule has 1 aromatic heterocycles. The molecule has 0 saturated carbocycles. The number of hydrogen-bond donors (Lipinski definition) is 3. The zero-order valence-electron chi connectivity index (χ0n) is 11.3. The third kappa shape index (κ3) is 3.80. The molecule has 1 heterocycles. The molecule has 0 fully saturated rings. The second-order valence-electron chi connectivity index (χ2n) is 4.41. The normalized spacial score (nSPS) is 10.1. The van der Waals surface area contributed by atoms with E-state index in [4.69, 9.17) is 5.11 Å². The summed E-state index contributed by atoms with van der Waals surface area (Å²) in [5.74, 6) is 0.499. The number of aliphatic hydroxyl groups excluding tert-OH is 1. The van der Waals surface area contributed by atoms with Crippen molar-refractivity contribution in [1.82, 2.24) is 4.98 Å². The fourth-order valence-electron chi connectivity index (χ4n) is 1.75. The number of amides is 1. The predicted molar refractivity (Wildman–Crippen MR) is 78.9 cm³/mol. The smallest absolute Gasteiger partial charge is 0.255 e. The Morgan fingerprint density at radius 3 is 2.80 bits per heavy atom. The number of nitrogens with one attached hydrogen (secondary N) is 2. The third-order valence-electron chi connectivity index (χ3n) is 2.72. The van der Waals surface area contributed by atoms with Gasteiger partial charge in [0.25, 0.3) is 5.91 Å². The Labute approximate surface area is 117 Å². The molecule has 0 spiro atoms. The maximum atomic E-state index is 12.0. The van der Waals surface area contributed by atoms with E-state index in [1.54, 1.807) is 24.4 Å². The highest BCUT2D eigenvalue weighted by Crippen LogP contribution is 2.12. The number of pyridine rings is 1. The summed E-state index contributed by atoms with van der Waals surface area (Å²) in [4.78, 5) is 16.2. The summed E-state index contributed by atoms with van der Waals surface area (Å²) in [5.41, 5.74) is 2.29. The van der Waals surface area contributed by atoms with Crippen molar-refractivity contribution in [3.05, 3.63) is 53.7 Å². The molecular formula is C15H17N3O2. The Hall–Kier alpha value is -2.40. The molecule has 5 nitrogen and oxygen atoms in total. The van der Waals surface area contributed by atoms with Crippen LogP contribution in [0.25, 0.3) is 0 Å². The SMILES string of the molecule is Cc1cccc(C(=O)Nc2ccc(NCCO)nc2)c1. The Morgan fingerprint density at radius 1 is 1.30 bits per heavy atom. The minimum Gasteiger partial charge on any atom is -0.395 e. The summed E-state index contributed by atoms with van der Waals surface area (Å²) in [6.07, 6.45) is 1.58. The standard InChI is InChI=1S/C15H17N3O2/c1-11-3-2-4-12(9-11)15(20)18-13-5-6-14(17-10-13)16-7-8-19/h2-6,9-10,19H,7-8H2,1H3,(H,16,17)(H,18,20). The lowest BCUT2D eigenvalue weighted by atomic mass is 10.1. The summed E-state index contributed by atoms with van der Waals surface area (Å²) in [7, 11) is 0. The van der Waals surface area contributed by atoms with Crippen LogP contribution in [-0.2, 0) is 0 Å². The van der Waals surface area contributed by atoms with Crippen LogP contribution in [0.4, 0.5) is 11.5 Å². The fourth-order valence-corrected chi connectivity index (χ4v) is 1.75. The highest BCUT2D eigenvalue weighted by Gasteiger charge is 2.06. The second-order valence-corrected chi connectivity index (χ2v) is 4.41. The van der Waals surface area contributed by atoms with Gasteiger partial charge in [-0.1, -0.05) is 17.7 Å². The molecule has 20 heavy (non-hydrogen) atoms. The highest BCUT2D eigenvalue weighted by molar-refractivity contribution is 6.04. The largest absolute Gasteiger partial charge is 0.395 e. The van der Waals surface area contributed by atoms with Crippen molar-refractivity contribution in [3.8, 4) is 0 Å². The van der Waals surface area contributed by atoms with E-state index in [9.17, 15) is 4.79 Å². The second kappa shape index (κ2) is 6.68. The van der Waals surface area contributed by atoms with Gasteiger partial charge < -0.3 is 15.7 Å². The molecule has 104 valence electrons. The van der Waals surface area contributed by atoms with Crippen LogP contribution in [0.2, 0.25) is 0 Å². The number of anilines is 2. The van der Waals surface area contributed by atoms with Gasteiger partial charge in [-0.15, -0.1) is 0 Å². The molecular weight excluding hydrogens is 254 g/mol. The van der Waals surface area contributed by atoms with E-state index in [0.29, 0.717) is 23.6 Å². The van der Waals surface area contributed by atoms with Crippen LogP contribution in [0.3, 0.4) is 0 Å². The summed E-state index contributed by atoms with van der Waals surface area (Å²) in [6.45, 7) is 2.44. The number of carbonyl (C=O) groups is 1. The molecule has 0 atom stereocenters. The molecule has 5 heteroatoms. The summed E-state index contributed by atoms with van der Waals surface area (Å²) < 4.78 is 0. The fraction of sp³-hybridized carbons (Fsp3) is 0.200. The first-order valence-electron chi connectivity index (χ1n) is 6.38. The predicted octanol–water partition coefficient (Wildman–Crippen LogP) is 2.05. The third-order valence-corrected chi connectivity index (χ3v) is 2.72. The molecule has 0 unspecified atom stereocenters. The molecule has 0 aliphatic rings. The quantitative estimate of drug-likeness (QED) is 0.778. The van der Waals surface area contributed by atoms with Crippen molar-refractivity contribution in [1.29, 1.82) is 0 Å². The molecule has 1 amide bonds. The molecule has 0 bridgehead atoms. The zero-order chi connectivity index (χ0) is 14.4. The van der Waals surface area contributed by atoms with E-state index in [0.717, 1.165) is 5.56 Å². The maximum absolute atomic E-state index is 12.0. The first kappa shape index (κ1) is 14.0. The van der Waals surface area contributed by atoms with Gasteiger partial charge in [-0.25, -0.2) is 4.98 Å². The number of nitrogens with zero attached hydrogens (tertiary/aromatic N) is 1. The Bertz CT molecular complexity index is 582. The topological polar surface area (TPSA) is 74.2 Å². The van der Waals surface area contributed by atoms with E-state index in [1.807, 2.05) is 25.1 Å². The van der Waals surface area contributed by atoms with Crippen LogP contribution in [0.15, 0.2) is 42.6 Å². The molecule has 1 aromatic carbocycles. The first-order valence-corrected chi connectivity index (χ1v) is 6.38. The highest BCUT2D eigenvalue weighted by atomic mass is 16.3. The zero-order valence-corrected chi connectivity index (χ0v) is 11.3. The van der Waals surface area contributed by atoms with Gasteiger partial charge in [0.1, 0.15) is 5.82 Å². The van der Waals surface area contributed by atoms with Crippen molar-refractivity contribution < 1.29 is 9.90 Å². The van der Waals surface area contributed by atoms with E-state index >= 15 is 0 Å². The number of benzene rings is 1. The van der Waals surface area contributed by atoms with Crippen LogP contribution in [0.1, 0.15) is 15.9 Å². The molecule has 2 rings (SSSR count). The summed E-state index contributed by atoms with van der Waals surface area (Å²) in [6, 6.07) is 10.9. The molecule has 0 saturated heterocycles. The molecule has 0 radical (unpaired) electrons. The van der Waals surface area contributed by atoms with Crippen LogP contribution >= 0.6 is 0 Å². The lowest BCUT2D eigenvalue weighted by Crippen LogP contribution is -2.12. The number of hydrogen-bond acceptors (Lipinski definition) is 4. The van der Waals surface area contributed by atoms with E-state index in [2.05, 4.69) is 15.6 Å². The van der Waals surface area contributed by atoms with Gasteiger partial charge >= 0.3 is 0 Å². The number of aliphatic hydroxyl groups is 1. The minimum atomic E-state index is -0.161. The Balaban J connectivity index is 2.01. The summed E-state index contributed by atoms with van der Waals surface area (Å²) >= 11 is 0. The Morgan fingerprint density at radius 2 is 2.15 bits per heavy atom. The first-order chi connectivity index (χ1) is 9.69. The summed E-state index contributed by atoms with van der Waals surface area (Å²) in [5, 5.41) is 14.4. The molecule has 0 aliphatic heterocycles. The molecule has 2 aromatic rings. The maximum Gasteiger partial charge on any atom is 0.255 e. The van der Waals surface area contributed by atoms with E-state index in [1.165, 1.54) is 0 Å². The van der Waals surface area contributed by atoms with Gasteiger partial charge in [0.15, 0.2) is 0 Å². The average Bonchev–Trinajstić information content (AvgIpc) is 2.46. The van der Waals surface area contributed by atoms with Gasteiger partial charge in [0.05, 0.1) is 18.5 Å². The van der Waals surface area contributed by atoms with Gasteiger partial charge in [0, 0.05) is 12.1 Å². The van der Waals surface area contributed by atoms with Gasteiger partial charge in [0.2, 0.25) is 0 Å². The number of carbonyl (C=O) groups excluding carboxylic acids is 1. The van der Waals surface area contributed by atoms with Crippen molar-refractivity contribution in [2.45, 2.75) is 6.92 Å². The van der Waals surface area contributed by atoms with Crippen LogP contribution < -0.4 is 10.6 Å². The monoisotopic (exact) mass is 271 g/mol. The lowest BCUT2D eigenvalue weighted by Gasteiger charge is -2.07. The van der Waals surface area contributed by atoms with Gasteiger partial charge in [-0.3, -0.25) is 4.79 Å². The van der Waals surface area contributed by atoms with Gasteiger partial charge in [-0.05, 0) is 31.2 Å². The van der Waals surface area contributed by atoms with Crippen LogP contribution in [-0.4, -0.2) is 29.1 Å². The number of aryl methyl sites for hydroxylation is 1. The number of aromatic nitrogens is 1. The molecule has 3 N–H and O–H groups in total. The molecule has 0 aliphatic carbocycles. The lowest BCUT2D eigenvalue weighted by molar-refractivity contribution is 0.102. The van der Waals surface area contributed by atoms with Gasteiger partial charge in [-0.2, -0.15) is 0 Å². The van der Waals surface area contributed by atoms with E-state index < -0.39 is 0 Å². The van der Waals surface area contributed by atoms with Crippen molar-refractivity contribution in [2.24, 2.45) is 0 Å². The van der Waals surface area contributed by atoms with E-state index in [-0.39, 0.29) is 12.5 Å².